The van der Waals surface area contributed by atoms with Crippen molar-refractivity contribution < 1.29 is 0 Å². The summed E-state index contributed by atoms with van der Waals surface area (Å²) in [5, 5.41) is 1.91. The molecule has 4 heteroatoms. The van der Waals surface area contributed by atoms with E-state index >= 15 is 0 Å². The molecule has 0 aliphatic rings. The number of rotatable bonds is 4. The Morgan fingerprint density at radius 3 is 2.72 bits per heavy atom. The van der Waals surface area contributed by atoms with Crippen LogP contribution in [0.3, 0.4) is 0 Å². The summed E-state index contributed by atoms with van der Waals surface area (Å²) in [7, 11) is 0. The standard InChI is InChI=1S/C14H17ClN2S/c1-9-10(2)18-14(17-9)7-12(8-16)11-4-3-5-13(15)6-11/h3-6,12H,7-8,16H2,1-2H3. The van der Waals surface area contributed by atoms with Crippen molar-refractivity contribution in [1.82, 2.24) is 4.98 Å². The summed E-state index contributed by atoms with van der Waals surface area (Å²) in [4.78, 5) is 5.86. The molecule has 0 amide bonds. The van der Waals surface area contributed by atoms with Gasteiger partial charge >= 0.3 is 0 Å². The number of nitrogens with two attached hydrogens (primary N) is 1. The molecule has 0 bridgehead atoms. The molecule has 1 heterocycles. The molecule has 96 valence electrons. The van der Waals surface area contributed by atoms with Gasteiger partial charge < -0.3 is 5.73 Å². The Bertz CT molecular complexity index is 517. The van der Waals surface area contributed by atoms with Crippen LogP contribution < -0.4 is 5.73 Å². The molecule has 0 spiro atoms. The second-order valence-electron chi connectivity index (χ2n) is 4.44. The second kappa shape index (κ2) is 5.83. The Hall–Kier alpha value is -0.900. The summed E-state index contributed by atoms with van der Waals surface area (Å²) in [6.07, 6.45) is 0.885. The van der Waals surface area contributed by atoms with E-state index in [-0.39, 0.29) is 5.92 Å². The normalized spacial score (nSPS) is 12.7. The molecule has 0 aliphatic heterocycles. The minimum Gasteiger partial charge on any atom is -0.330 e. The zero-order valence-electron chi connectivity index (χ0n) is 10.6. The smallest absolute Gasteiger partial charge is 0.0937 e. The predicted molar refractivity (Wildman–Crippen MR) is 78.5 cm³/mol. The van der Waals surface area contributed by atoms with E-state index in [1.165, 1.54) is 10.4 Å². The summed E-state index contributed by atoms with van der Waals surface area (Å²) < 4.78 is 0. The Morgan fingerprint density at radius 2 is 2.17 bits per heavy atom. The molecular weight excluding hydrogens is 264 g/mol. The van der Waals surface area contributed by atoms with E-state index in [2.05, 4.69) is 18.0 Å². The summed E-state index contributed by atoms with van der Waals surface area (Å²) in [5.74, 6) is 0.286. The molecule has 0 radical (unpaired) electrons. The average molecular weight is 281 g/mol. The molecule has 0 aliphatic carbocycles. The van der Waals surface area contributed by atoms with Crippen LogP contribution in [0.15, 0.2) is 24.3 Å². The fourth-order valence-corrected chi connectivity index (χ4v) is 3.15. The van der Waals surface area contributed by atoms with Gasteiger partial charge in [-0.3, -0.25) is 0 Å². The first-order valence-corrected chi connectivity index (χ1v) is 7.18. The average Bonchev–Trinajstić information content (AvgIpc) is 2.65. The number of hydrogen-bond acceptors (Lipinski definition) is 3. The first-order valence-electron chi connectivity index (χ1n) is 5.98. The largest absolute Gasteiger partial charge is 0.330 e. The van der Waals surface area contributed by atoms with Crippen molar-refractivity contribution in [3.05, 3.63) is 50.4 Å². The minimum absolute atomic E-state index is 0.286. The maximum Gasteiger partial charge on any atom is 0.0937 e. The Morgan fingerprint density at radius 1 is 1.39 bits per heavy atom. The zero-order valence-corrected chi connectivity index (χ0v) is 12.2. The van der Waals surface area contributed by atoms with Crippen molar-refractivity contribution in [2.24, 2.45) is 5.73 Å². The van der Waals surface area contributed by atoms with Crippen LogP contribution in [0.2, 0.25) is 5.02 Å². The number of aryl methyl sites for hydroxylation is 2. The van der Waals surface area contributed by atoms with Crippen LogP contribution in [-0.2, 0) is 6.42 Å². The number of nitrogens with zero attached hydrogens (tertiary/aromatic N) is 1. The maximum atomic E-state index is 6.02. The van der Waals surface area contributed by atoms with Gasteiger partial charge in [0, 0.05) is 22.2 Å². The lowest BCUT2D eigenvalue weighted by molar-refractivity contribution is 0.690. The minimum atomic E-state index is 0.286. The molecule has 1 aromatic heterocycles. The number of hydrogen-bond donors (Lipinski definition) is 1. The highest BCUT2D eigenvalue weighted by atomic mass is 35.5. The van der Waals surface area contributed by atoms with Crippen LogP contribution in [0, 0.1) is 13.8 Å². The van der Waals surface area contributed by atoms with Gasteiger partial charge in [-0.05, 0) is 38.1 Å². The highest BCUT2D eigenvalue weighted by Gasteiger charge is 2.14. The second-order valence-corrected chi connectivity index (χ2v) is 6.17. The van der Waals surface area contributed by atoms with E-state index in [0.29, 0.717) is 6.54 Å². The molecule has 1 unspecified atom stereocenters. The summed E-state index contributed by atoms with van der Waals surface area (Å²) in [6, 6.07) is 7.93. The van der Waals surface area contributed by atoms with Crippen molar-refractivity contribution in [3.63, 3.8) is 0 Å². The molecule has 2 N–H and O–H groups in total. The Labute approximate surface area is 117 Å². The van der Waals surface area contributed by atoms with Gasteiger partial charge in [-0.15, -0.1) is 11.3 Å². The third-order valence-electron chi connectivity index (χ3n) is 3.10. The third kappa shape index (κ3) is 3.10. The molecule has 1 aromatic carbocycles. The number of thiazole rings is 1. The monoisotopic (exact) mass is 280 g/mol. The van der Waals surface area contributed by atoms with Gasteiger partial charge in [0.25, 0.3) is 0 Å². The molecule has 0 saturated heterocycles. The lowest BCUT2D eigenvalue weighted by Gasteiger charge is -2.13. The predicted octanol–water partition coefficient (Wildman–Crippen LogP) is 3.70. The van der Waals surface area contributed by atoms with Crippen LogP contribution in [0.1, 0.15) is 27.1 Å². The van der Waals surface area contributed by atoms with E-state index in [1.807, 2.05) is 25.1 Å². The zero-order chi connectivity index (χ0) is 13.1. The Kier molecular flexibility index (Phi) is 4.38. The summed E-state index contributed by atoms with van der Waals surface area (Å²) >= 11 is 7.78. The van der Waals surface area contributed by atoms with Gasteiger partial charge in [0.05, 0.1) is 10.7 Å². The molecule has 0 saturated carbocycles. The molecule has 2 rings (SSSR count). The molecule has 2 aromatic rings. The van der Waals surface area contributed by atoms with Crippen LogP contribution in [0.25, 0.3) is 0 Å². The quantitative estimate of drug-likeness (QED) is 0.927. The van der Waals surface area contributed by atoms with Gasteiger partial charge in [0.15, 0.2) is 0 Å². The lowest BCUT2D eigenvalue weighted by Crippen LogP contribution is -2.15. The highest BCUT2D eigenvalue weighted by molar-refractivity contribution is 7.11. The molecule has 1 atom stereocenters. The van der Waals surface area contributed by atoms with Crippen LogP contribution >= 0.6 is 22.9 Å². The SMILES string of the molecule is Cc1nc(CC(CN)c2cccc(Cl)c2)sc1C. The summed E-state index contributed by atoms with van der Waals surface area (Å²) in [5.41, 5.74) is 8.19. The molecule has 0 fully saturated rings. The van der Waals surface area contributed by atoms with Crippen molar-refractivity contribution in [1.29, 1.82) is 0 Å². The first kappa shape index (κ1) is 13.5. The van der Waals surface area contributed by atoms with E-state index in [1.54, 1.807) is 11.3 Å². The molecular formula is C14H17ClN2S. The van der Waals surface area contributed by atoms with Crippen molar-refractivity contribution in [2.45, 2.75) is 26.2 Å². The van der Waals surface area contributed by atoms with E-state index in [0.717, 1.165) is 22.1 Å². The van der Waals surface area contributed by atoms with Gasteiger partial charge in [0.2, 0.25) is 0 Å². The third-order valence-corrected chi connectivity index (χ3v) is 4.43. The van der Waals surface area contributed by atoms with E-state index in [9.17, 15) is 0 Å². The van der Waals surface area contributed by atoms with Crippen molar-refractivity contribution >= 4 is 22.9 Å². The van der Waals surface area contributed by atoms with Crippen LogP contribution in [0.4, 0.5) is 0 Å². The van der Waals surface area contributed by atoms with E-state index in [4.69, 9.17) is 17.3 Å². The van der Waals surface area contributed by atoms with Gasteiger partial charge in [-0.2, -0.15) is 0 Å². The van der Waals surface area contributed by atoms with E-state index < -0.39 is 0 Å². The fraction of sp³-hybridized carbons (Fsp3) is 0.357. The maximum absolute atomic E-state index is 6.02. The fourth-order valence-electron chi connectivity index (χ4n) is 1.94. The highest BCUT2D eigenvalue weighted by Crippen LogP contribution is 2.26. The van der Waals surface area contributed by atoms with Crippen molar-refractivity contribution in [2.75, 3.05) is 6.54 Å². The number of benzene rings is 1. The number of halogens is 1. The lowest BCUT2D eigenvalue weighted by atomic mass is 9.96. The number of aromatic nitrogens is 1. The Balaban J connectivity index is 2.19. The molecule has 2 nitrogen and oxygen atoms in total. The van der Waals surface area contributed by atoms with Gasteiger partial charge in [-0.1, -0.05) is 23.7 Å². The van der Waals surface area contributed by atoms with Gasteiger partial charge in [0.1, 0.15) is 0 Å². The van der Waals surface area contributed by atoms with Crippen LogP contribution in [0.5, 0.6) is 0 Å². The topological polar surface area (TPSA) is 38.9 Å². The van der Waals surface area contributed by atoms with Gasteiger partial charge in [-0.25, -0.2) is 4.98 Å². The summed E-state index contributed by atoms with van der Waals surface area (Å²) in [6.45, 7) is 4.76. The van der Waals surface area contributed by atoms with Crippen molar-refractivity contribution in [3.8, 4) is 0 Å². The molecule has 18 heavy (non-hydrogen) atoms. The first-order chi connectivity index (χ1) is 8.60. The van der Waals surface area contributed by atoms with Crippen LogP contribution in [-0.4, -0.2) is 11.5 Å².